The Morgan fingerprint density at radius 3 is 2.85 bits per heavy atom. The highest BCUT2D eigenvalue weighted by atomic mass is 35.5. The van der Waals surface area contributed by atoms with Crippen LogP contribution in [-0.2, 0) is 13.0 Å². The van der Waals surface area contributed by atoms with Crippen LogP contribution in [0.1, 0.15) is 11.1 Å². The van der Waals surface area contributed by atoms with E-state index < -0.39 is 0 Å². The standard InChI is InChI=1S/C18H21N7.ClH/c1-2-14-4-5-20-18(14)15(3-1)12-23-6-8-24(9-7-23)17-11-19-10-16-21-13-22-25(16)17;/h1-3,10-11,13,20H,4-9,12H2;1H. The Kier molecular flexibility index (Phi) is 4.65. The Hall–Kier alpha value is -2.38. The summed E-state index contributed by atoms with van der Waals surface area (Å²) in [6.07, 6.45) is 6.35. The highest BCUT2D eigenvalue weighted by molar-refractivity contribution is 5.85. The van der Waals surface area contributed by atoms with Crippen LogP contribution >= 0.6 is 12.4 Å². The molecule has 1 aromatic carbocycles. The molecule has 26 heavy (non-hydrogen) atoms. The molecule has 2 aliphatic heterocycles. The van der Waals surface area contributed by atoms with Gasteiger partial charge in [-0.25, -0.2) is 4.98 Å². The molecule has 0 saturated carbocycles. The molecule has 0 aliphatic carbocycles. The number of aromatic nitrogens is 4. The van der Waals surface area contributed by atoms with Gasteiger partial charge in [0.1, 0.15) is 6.33 Å². The van der Waals surface area contributed by atoms with Gasteiger partial charge in [0.15, 0.2) is 11.5 Å². The third-order valence-electron chi connectivity index (χ3n) is 5.19. The number of nitrogens with one attached hydrogen (secondary N) is 1. The monoisotopic (exact) mass is 371 g/mol. The summed E-state index contributed by atoms with van der Waals surface area (Å²) >= 11 is 0. The molecule has 3 aromatic rings. The van der Waals surface area contributed by atoms with E-state index in [2.05, 4.69) is 48.4 Å². The fraction of sp³-hybridized carbons (Fsp3) is 0.389. The van der Waals surface area contributed by atoms with E-state index in [0.717, 1.165) is 57.2 Å². The topological polar surface area (TPSA) is 61.6 Å². The lowest BCUT2D eigenvalue weighted by atomic mass is 10.1. The van der Waals surface area contributed by atoms with E-state index in [1.165, 1.54) is 16.8 Å². The lowest BCUT2D eigenvalue weighted by Crippen LogP contribution is -2.46. The van der Waals surface area contributed by atoms with Crippen LogP contribution in [0.4, 0.5) is 11.5 Å². The van der Waals surface area contributed by atoms with E-state index in [-0.39, 0.29) is 12.4 Å². The fourth-order valence-electron chi connectivity index (χ4n) is 3.87. The highest BCUT2D eigenvalue weighted by Crippen LogP contribution is 2.28. The van der Waals surface area contributed by atoms with Crippen LogP contribution < -0.4 is 10.2 Å². The molecule has 136 valence electrons. The van der Waals surface area contributed by atoms with Crippen LogP contribution in [0.2, 0.25) is 0 Å². The molecule has 2 aromatic heterocycles. The number of hydrogen-bond acceptors (Lipinski definition) is 6. The lowest BCUT2D eigenvalue weighted by molar-refractivity contribution is 0.249. The average Bonchev–Trinajstić information content (AvgIpc) is 3.32. The predicted molar refractivity (Wildman–Crippen MR) is 104 cm³/mol. The number of piperazine rings is 1. The Morgan fingerprint density at radius 1 is 1.08 bits per heavy atom. The Labute approximate surface area is 158 Å². The van der Waals surface area contributed by atoms with Crippen molar-refractivity contribution in [3.8, 4) is 0 Å². The van der Waals surface area contributed by atoms with Crippen LogP contribution in [0, 0.1) is 0 Å². The van der Waals surface area contributed by atoms with Crippen molar-refractivity contribution in [2.45, 2.75) is 13.0 Å². The van der Waals surface area contributed by atoms with Crippen LogP contribution in [0.25, 0.3) is 5.65 Å². The molecule has 4 heterocycles. The van der Waals surface area contributed by atoms with E-state index >= 15 is 0 Å². The lowest BCUT2D eigenvalue weighted by Gasteiger charge is -2.36. The Morgan fingerprint density at radius 2 is 1.96 bits per heavy atom. The Balaban J connectivity index is 0.00000168. The summed E-state index contributed by atoms with van der Waals surface area (Å²) < 4.78 is 1.87. The molecule has 0 spiro atoms. The fourth-order valence-corrected chi connectivity index (χ4v) is 3.87. The molecule has 1 fully saturated rings. The van der Waals surface area contributed by atoms with E-state index in [9.17, 15) is 0 Å². The number of para-hydroxylation sites is 1. The van der Waals surface area contributed by atoms with Gasteiger partial charge in [-0.1, -0.05) is 18.2 Å². The number of rotatable bonds is 3. The zero-order chi connectivity index (χ0) is 16.6. The first kappa shape index (κ1) is 17.1. The minimum absolute atomic E-state index is 0. The van der Waals surface area contributed by atoms with Crippen molar-refractivity contribution in [3.63, 3.8) is 0 Å². The van der Waals surface area contributed by atoms with Gasteiger partial charge in [0.2, 0.25) is 0 Å². The zero-order valence-electron chi connectivity index (χ0n) is 14.5. The minimum atomic E-state index is 0. The minimum Gasteiger partial charge on any atom is -0.384 e. The molecule has 1 N–H and O–H groups in total. The predicted octanol–water partition coefficient (Wildman–Crippen LogP) is 1.84. The maximum absolute atomic E-state index is 4.32. The number of hydrogen-bond donors (Lipinski definition) is 1. The van der Waals surface area contributed by atoms with Gasteiger partial charge in [0.25, 0.3) is 0 Å². The molecule has 2 aliphatic rings. The van der Waals surface area contributed by atoms with Crippen LogP contribution in [-0.4, -0.2) is 57.2 Å². The van der Waals surface area contributed by atoms with E-state index in [1.54, 1.807) is 12.5 Å². The van der Waals surface area contributed by atoms with E-state index in [0.29, 0.717) is 0 Å². The summed E-state index contributed by atoms with van der Waals surface area (Å²) in [5.41, 5.74) is 5.04. The van der Waals surface area contributed by atoms with Crippen LogP contribution in [0.3, 0.4) is 0 Å². The SMILES string of the molecule is Cl.c1cc2c(c(CN3CCN(c4cncc5ncnn45)CC3)c1)NCC2. The molecular formula is C18H22ClN7. The first-order valence-electron chi connectivity index (χ1n) is 8.84. The highest BCUT2D eigenvalue weighted by Gasteiger charge is 2.21. The molecule has 8 heteroatoms. The number of nitrogens with zero attached hydrogens (tertiary/aromatic N) is 6. The van der Waals surface area contributed by atoms with E-state index in [1.807, 2.05) is 10.7 Å². The van der Waals surface area contributed by atoms with Crippen LogP contribution in [0.15, 0.2) is 36.9 Å². The molecule has 0 atom stereocenters. The normalized spacial score (nSPS) is 17.0. The summed E-state index contributed by atoms with van der Waals surface area (Å²) in [5.74, 6) is 1.02. The number of fused-ring (bicyclic) bond motifs is 2. The van der Waals surface area contributed by atoms with Crippen molar-refractivity contribution in [1.82, 2.24) is 24.5 Å². The second kappa shape index (κ2) is 7.09. The summed E-state index contributed by atoms with van der Waals surface area (Å²) in [5, 5.41) is 7.87. The van der Waals surface area contributed by atoms with Gasteiger partial charge < -0.3 is 10.2 Å². The number of benzene rings is 1. The van der Waals surface area contributed by atoms with Gasteiger partial charge in [-0.15, -0.1) is 12.4 Å². The van der Waals surface area contributed by atoms with Gasteiger partial charge in [-0.2, -0.15) is 9.61 Å². The van der Waals surface area contributed by atoms with Crippen molar-refractivity contribution >= 4 is 29.6 Å². The van der Waals surface area contributed by atoms with Crippen molar-refractivity contribution in [2.24, 2.45) is 0 Å². The molecule has 0 bridgehead atoms. The second-order valence-corrected chi connectivity index (χ2v) is 6.69. The zero-order valence-corrected chi connectivity index (χ0v) is 15.3. The number of anilines is 2. The molecular weight excluding hydrogens is 350 g/mol. The van der Waals surface area contributed by atoms with Gasteiger partial charge in [0, 0.05) is 45.0 Å². The molecule has 0 amide bonds. The average molecular weight is 372 g/mol. The summed E-state index contributed by atoms with van der Waals surface area (Å²) in [7, 11) is 0. The summed E-state index contributed by atoms with van der Waals surface area (Å²) in [6.45, 7) is 6.10. The number of halogens is 1. The molecule has 0 radical (unpaired) electrons. The summed E-state index contributed by atoms with van der Waals surface area (Å²) in [6, 6.07) is 6.68. The van der Waals surface area contributed by atoms with Gasteiger partial charge in [-0.3, -0.25) is 9.88 Å². The van der Waals surface area contributed by atoms with Gasteiger partial charge in [0.05, 0.1) is 12.4 Å². The molecule has 0 unspecified atom stereocenters. The van der Waals surface area contributed by atoms with Gasteiger partial charge >= 0.3 is 0 Å². The largest absolute Gasteiger partial charge is 0.384 e. The third kappa shape index (κ3) is 2.97. The smallest absolute Gasteiger partial charge is 0.175 e. The van der Waals surface area contributed by atoms with Crippen molar-refractivity contribution in [1.29, 1.82) is 0 Å². The Bertz CT molecular complexity index is 901. The van der Waals surface area contributed by atoms with E-state index in [4.69, 9.17) is 0 Å². The second-order valence-electron chi connectivity index (χ2n) is 6.69. The maximum atomic E-state index is 4.32. The van der Waals surface area contributed by atoms with Crippen molar-refractivity contribution in [3.05, 3.63) is 48.0 Å². The summed E-state index contributed by atoms with van der Waals surface area (Å²) in [4.78, 5) is 13.4. The van der Waals surface area contributed by atoms with Crippen LogP contribution in [0.5, 0.6) is 0 Å². The molecule has 7 nitrogen and oxygen atoms in total. The quantitative estimate of drug-likeness (QED) is 0.758. The molecule has 1 saturated heterocycles. The van der Waals surface area contributed by atoms with Crippen molar-refractivity contribution in [2.75, 3.05) is 42.9 Å². The first-order chi connectivity index (χ1) is 12.4. The van der Waals surface area contributed by atoms with Gasteiger partial charge in [-0.05, 0) is 17.5 Å². The maximum Gasteiger partial charge on any atom is 0.175 e. The first-order valence-corrected chi connectivity index (χ1v) is 8.84. The third-order valence-corrected chi connectivity index (χ3v) is 5.19. The molecule has 5 rings (SSSR count). The van der Waals surface area contributed by atoms with Crippen molar-refractivity contribution < 1.29 is 0 Å².